The monoisotopic (exact) mass is 413 g/mol. The number of rotatable bonds is 7. The molecule has 2 aromatic carbocycles. The number of sulfonamides is 1. The molecule has 154 valence electrons. The molecule has 2 aromatic rings. The SMILES string of the molecule is CCCCC(N=C1NS(=O)(=O)c2ccccc21)C(=O)NC(C)c1ccccc1C. The van der Waals surface area contributed by atoms with E-state index in [4.69, 9.17) is 0 Å². The van der Waals surface area contributed by atoms with E-state index in [9.17, 15) is 13.2 Å². The molecule has 0 spiro atoms. The summed E-state index contributed by atoms with van der Waals surface area (Å²) in [5.74, 6) is 0.0330. The van der Waals surface area contributed by atoms with E-state index in [1.54, 1.807) is 24.3 Å². The Kier molecular flexibility index (Phi) is 6.37. The maximum Gasteiger partial charge on any atom is 0.263 e. The van der Waals surface area contributed by atoms with E-state index >= 15 is 0 Å². The molecule has 1 aliphatic heterocycles. The normalized spacial score (nSPS) is 18.0. The highest BCUT2D eigenvalue weighted by Crippen LogP contribution is 2.23. The number of amidine groups is 1. The fourth-order valence-electron chi connectivity index (χ4n) is 3.50. The van der Waals surface area contributed by atoms with Gasteiger partial charge in [0.1, 0.15) is 11.9 Å². The molecule has 2 atom stereocenters. The molecule has 0 saturated carbocycles. The second kappa shape index (κ2) is 8.78. The topological polar surface area (TPSA) is 87.6 Å². The Morgan fingerprint density at radius 3 is 2.55 bits per heavy atom. The highest BCUT2D eigenvalue weighted by molar-refractivity contribution is 7.90. The van der Waals surface area contributed by atoms with Gasteiger partial charge in [0, 0.05) is 5.56 Å². The molecule has 1 aliphatic rings. The number of amides is 1. The lowest BCUT2D eigenvalue weighted by molar-refractivity contribution is -0.123. The zero-order valence-corrected chi connectivity index (χ0v) is 17.8. The summed E-state index contributed by atoms with van der Waals surface area (Å²) >= 11 is 0. The summed E-state index contributed by atoms with van der Waals surface area (Å²) in [4.78, 5) is 17.7. The summed E-state index contributed by atoms with van der Waals surface area (Å²) in [5, 5.41) is 3.04. The molecule has 0 radical (unpaired) electrons. The van der Waals surface area contributed by atoms with Crippen LogP contribution in [0, 0.1) is 6.92 Å². The van der Waals surface area contributed by atoms with Gasteiger partial charge in [-0.05, 0) is 43.5 Å². The van der Waals surface area contributed by atoms with Crippen molar-refractivity contribution in [1.29, 1.82) is 0 Å². The molecule has 0 aromatic heterocycles. The van der Waals surface area contributed by atoms with Gasteiger partial charge in [0.2, 0.25) is 5.91 Å². The zero-order valence-electron chi connectivity index (χ0n) is 17.0. The van der Waals surface area contributed by atoms with Crippen LogP contribution in [0.15, 0.2) is 58.4 Å². The van der Waals surface area contributed by atoms with Crippen LogP contribution >= 0.6 is 0 Å². The van der Waals surface area contributed by atoms with E-state index in [0.29, 0.717) is 12.0 Å². The lowest BCUT2D eigenvalue weighted by Crippen LogP contribution is -2.37. The van der Waals surface area contributed by atoms with Gasteiger partial charge >= 0.3 is 0 Å². The zero-order chi connectivity index (χ0) is 21.0. The summed E-state index contributed by atoms with van der Waals surface area (Å²) in [5.41, 5.74) is 2.66. The lowest BCUT2D eigenvalue weighted by Gasteiger charge is -2.20. The van der Waals surface area contributed by atoms with Gasteiger partial charge in [0.05, 0.1) is 10.9 Å². The molecule has 0 aliphatic carbocycles. The van der Waals surface area contributed by atoms with E-state index in [1.807, 2.05) is 45.0 Å². The summed E-state index contributed by atoms with van der Waals surface area (Å²) in [6.07, 6.45) is 2.29. The molecule has 1 heterocycles. The number of nitrogens with one attached hydrogen (secondary N) is 2. The third kappa shape index (κ3) is 4.67. The number of unbranched alkanes of at least 4 members (excludes halogenated alkanes) is 1. The maximum atomic E-state index is 13.0. The van der Waals surface area contributed by atoms with Crippen LogP contribution < -0.4 is 10.0 Å². The van der Waals surface area contributed by atoms with Crippen LogP contribution in [0.5, 0.6) is 0 Å². The molecule has 0 fully saturated rings. The molecule has 7 heteroatoms. The molecular weight excluding hydrogens is 386 g/mol. The van der Waals surface area contributed by atoms with Crippen LogP contribution in [-0.4, -0.2) is 26.2 Å². The number of aliphatic imine (C=N–C) groups is 1. The Bertz CT molecular complexity index is 1030. The summed E-state index contributed by atoms with van der Waals surface area (Å²) < 4.78 is 27.2. The first-order valence-electron chi connectivity index (χ1n) is 9.89. The third-order valence-electron chi connectivity index (χ3n) is 5.10. The molecule has 3 rings (SSSR count). The van der Waals surface area contributed by atoms with E-state index in [0.717, 1.165) is 24.0 Å². The van der Waals surface area contributed by atoms with E-state index in [1.165, 1.54) is 0 Å². The number of nitrogens with zero attached hydrogens (tertiary/aromatic N) is 1. The second-order valence-electron chi connectivity index (χ2n) is 7.32. The van der Waals surface area contributed by atoms with Crippen LogP contribution in [0.25, 0.3) is 0 Å². The Morgan fingerprint density at radius 2 is 1.83 bits per heavy atom. The maximum absolute atomic E-state index is 13.0. The molecule has 2 unspecified atom stereocenters. The highest BCUT2D eigenvalue weighted by atomic mass is 32.2. The molecule has 0 saturated heterocycles. The lowest BCUT2D eigenvalue weighted by atomic mass is 10.0. The average molecular weight is 414 g/mol. The predicted octanol–water partition coefficient (Wildman–Crippen LogP) is 3.47. The summed E-state index contributed by atoms with van der Waals surface area (Å²) in [6.45, 7) is 6.00. The van der Waals surface area contributed by atoms with Crippen molar-refractivity contribution in [3.8, 4) is 0 Å². The number of fused-ring (bicyclic) bond motifs is 1. The van der Waals surface area contributed by atoms with Crippen LogP contribution in [0.3, 0.4) is 0 Å². The predicted molar refractivity (Wildman–Crippen MR) is 114 cm³/mol. The average Bonchev–Trinajstić information content (AvgIpc) is 2.95. The van der Waals surface area contributed by atoms with Gasteiger partial charge in [0.25, 0.3) is 10.0 Å². The third-order valence-corrected chi connectivity index (χ3v) is 6.49. The molecule has 6 nitrogen and oxygen atoms in total. The van der Waals surface area contributed by atoms with Crippen LogP contribution in [0.4, 0.5) is 0 Å². The standard InChI is InChI=1S/C22H27N3O3S/c1-4-5-13-19(22(26)23-16(3)17-11-7-6-10-15(17)2)24-21-18-12-8-9-14-20(18)29(27,28)25-21/h6-12,14,16,19H,4-5,13H2,1-3H3,(H,23,26)(H,24,25). The fourth-order valence-corrected chi connectivity index (χ4v) is 4.74. The quantitative estimate of drug-likeness (QED) is 0.729. The molecule has 0 bridgehead atoms. The molecular formula is C22H27N3O3S. The highest BCUT2D eigenvalue weighted by Gasteiger charge is 2.32. The smallest absolute Gasteiger partial charge is 0.263 e. The van der Waals surface area contributed by atoms with Gasteiger partial charge in [-0.1, -0.05) is 56.2 Å². The van der Waals surface area contributed by atoms with Crippen molar-refractivity contribution in [2.75, 3.05) is 0 Å². The van der Waals surface area contributed by atoms with Gasteiger partial charge in [-0.2, -0.15) is 0 Å². The van der Waals surface area contributed by atoms with Crippen molar-refractivity contribution in [2.24, 2.45) is 4.99 Å². The minimum absolute atomic E-state index is 0.166. The van der Waals surface area contributed by atoms with Crippen molar-refractivity contribution < 1.29 is 13.2 Å². The number of hydrogen-bond acceptors (Lipinski definition) is 4. The van der Waals surface area contributed by atoms with Gasteiger partial charge in [-0.3, -0.25) is 14.5 Å². The van der Waals surface area contributed by atoms with Crippen molar-refractivity contribution in [1.82, 2.24) is 10.0 Å². The molecule has 1 amide bonds. The number of carbonyl (C=O) groups is 1. The Labute approximate surface area is 172 Å². The van der Waals surface area contributed by atoms with Gasteiger partial charge < -0.3 is 5.32 Å². The number of hydrogen-bond donors (Lipinski definition) is 2. The first kappa shape index (κ1) is 21.0. The van der Waals surface area contributed by atoms with E-state index in [2.05, 4.69) is 15.0 Å². The van der Waals surface area contributed by atoms with Crippen LogP contribution in [0.2, 0.25) is 0 Å². The summed E-state index contributed by atoms with van der Waals surface area (Å²) in [6, 6.07) is 13.8. The Morgan fingerprint density at radius 1 is 1.14 bits per heavy atom. The van der Waals surface area contributed by atoms with Crippen molar-refractivity contribution in [3.63, 3.8) is 0 Å². The number of aryl methyl sites for hydroxylation is 1. The van der Waals surface area contributed by atoms with Gasteiger partial charge in [0.15, 0.2) is 0 Å². The minimum Gasteiger partial charge on any atom is -0.348 e. The first-order valence-corrected chi connectivity index (χ1v) is 11.4. The minimum atomic E-state index is -3.63. The molecule has 29 heavy (non-hydrogen) atoms. The van der Waals surface area contributed by atoms with Gasteiger partial charge in [-0.15, -0.1) is 0 Å². The van der Waals surface area contributed by atoms with Crippen molar-refractivity contribution in [3.05, 3.63) is 65.2 Å². The van der Waals surface area contributed by atoms with Crippen molar-refractivity contribution in [2.45, 2.75) is 57.0 Å². The fraction of sp³-hybridized carbons (Fsp3) is 0.364. The second-order valence-corrected chi connectivity index (χ2v) is 8.98. The van der Waals surface area contributed by atoms with E-state index < -0.39 is 16.1 Å². The van der Waals surface area contributed by atoms with E-state index in [-0.39, 0.29) is 22.7 Å². The summed E-state index contributed by atoms with van der Waals surface area (Å²) in [7, 11) is -3.63. The first-order chi connectivity index (χ1) is 13.8. The Hall–Kier alpha value is -2.67. The van der Waals surface area contributed by atoms with Crippen molar-refractivity contribution >= 4 is 21.8 Å². The van der Waals surface area contributed by atoms with Crippen LogP contribution in [-0.2, 0) is 14.8 Å². The largest absolute Gasteiger partial charge is 0.348 e. The Balaban J connectivity index is 1.86. The number of carbonyl (C=O) groups excluding carboxylic acids is 1. The number of benzene rings is 2. The van der Waals surface area contributed by atoms with Gasteiger partial charge in [-0.25, -0.2) is 8.42 Å². The molecule has 2 N–H and O–H groups in total. The van der Waals surface area contributed by atoms with Crippen LogP contribution in [0.1, 0.15) is 55.8 Å².